The van der Waals surface area contributed by atoms with Crippen molar-refractivity contribution in [3.63, 3.8) is 0 Å². The maximum Gasteiger partial charge on any atom is 0.00185 e. The molecule has 0 amide bonds. The molecule has 0 aromatic rings. The van der Waals surface area contributed by atoms with Crippen molar-refractivity contribution in [3.8, 4) is 0 Å². The predicted octanol–water partition coefficient (Wildman–Crippen LogP) is 3.69. The summed E-state index contributed by atoms with van der Waals surface area (Å²) in [6.07, 6.45) is 9.53. The molecule has 1 saturated heterocycles. The van der Waals surface area contributed by atoms with Crippen LogP contribution in [0.3, 0.4) is 0 Å². The van der Waals surface area contributed by atoms with Crippen LogP contribution in [-0.4, -0.2) is 37.6 Å². The zero-order chi connectivity index (χ0) is 14.4. The Bertz CT molecular complexity index is 305. The molecule has 20 heavy (non-hydrogen) atoms. The van der Waals surface area contributed by atoms with Crippen LogP contribution < -0.4 is 5.32 Å². The van der Waals surface area contributed by atoms with E-state index in [1.165, 1.54) is 58.3 Å². The smallest absolute Gasteiger partial charge is 0.00185 e. The second-order valence-electron chi connectivity index (χ2n) is 6.98. The van der Waals surface area contributed by atoms with Crippen molar-refractivity contribution in [2.24, 2.45) is 17.8 Å². The number of hydrogen-bond donors (Lipinski definition) is 1. The Hall–Kier alpha value is -0.340. The molecule has 0 radical (unpaired) electrons. The van der Waals surface area contributed by atoms with Crippen LogP contribution in [0.5, 0.6) is 0 Å². The fourth-order valence-electron chi connectivity index (χ4n) is 3.87. The molecule has 3 atom stereocenters. The summed E-state index contributed by atoms with van der Waals surface area (Å²) in [7, 11) is 0. The van der Waals surface area contributed by atoms with Gasteiger partial charge in [0.2, 0.25) is 0 Å². The van der Waals surface area contributed by atoms with Gasteiger partial charge >= 0.3 is 0 Å². The van der Waals surface area contributed by atoms with E-state index in [0.717, 1.165) is 24.3 Å². The lowest BCUT2D eigenvalue weighted by atomic mass is 9.67. The van der Waals surface area contributed by atoms with Crippen LogP contribution in [0.15, 0.2) is 11.6 Å². The number of hydrogen-bond acceptors (Lipinski definition) is 2. The number of likely N-dealkylation sites (tertiary alicyclic amines) is 1. The third-order valence-electron chi connectivity index (χ3n) is 5.38. The summed E-state index contributed by atoms with van der Waals surface area (Å²) in [6, 6.07) is 0. The molecule has 1 aliphatic carbocycles. The molecule has 2 aliphatic rings. The molecule has 2 nitrogen and oxygen atoms in total. The largest absolute Gasteiger partial charge is 0.317 e. The van der Waals surface area contributed by atoms with Gasteiger partial charge in [-0.05, 0) is 83.0 Å². The summed E-state index contributed by atoms with van der Waals surface area (Å²) in [6.45, 7) is 13.3. The Balaban J connectivity index is 1.70. The molecule has 1 heterocycles. The molecule has 2 unspecified atom stereocenters. The van der Waals surface area contributed by atoms with Crippen LogP contribution in [0.1, 0.15) is 52.9 Å². The standard InChI is InChI=1S/C18H34N2/c1-4-19-14-17-7-8-18(17)16(3)13-15(2)9-12-20-10-5-6-11-20/h13,16-19H,4-12,14H2,1-3H3/b15-13+/t16?,17?,18-/m1/s1. The van der Waals surface area contributed by atoms with Crippen molar-refractivity contribution < 1.29 is 0 Å². The van der Waals surface area contributed by atoms with E-state index >= 15 is 0 Å². The van der Waals surface area contributed by atoms with Crippen molar-refractivity contribution in [2.75, 3.05) is 32.7 Å². The second-order valence-corrected chi connectivity index (χ2v) is 6.98. The van der Waals surface area contributed by atoms with Crippen LogP contribution in [0.2, 0.25) is 0 Å². The predicted molar refractivity (Wildman–Crippen MR) is 88.0 cm³/mol. The van der Waals surface area contributed by atoms with Gasteiger partial charge in [-0.1, -0.05) is 25.5 Å². The molecule has 1 aliphatic heterocycles. The molecule has 2 rings (SSSR count). The van der Waals surface area contributed by atoms with Gasteiger partial charge in [-0.15, -0.1) is 0 Å². The minimum atomic E-state index is 0.769. The molecule has 2 fully saturated rings. The van der Waals surface area contributed by atoms with E-state index in [-0.39, 0.29) is 0 Å². The van der Waals surface area contributed by atoms with E-state index in [1.54, 1.807) is 5.57 Å². The Kier molecular flexibility index (Phi) is 6.57. The van der Waals surface area contributed by atoms with Crippen molar-refractivity contribution in [2.45, 2.75) is 52.9 Å². The van der Waals surface area contributed by atoms with Gasteiger partial charge in [-0.2, -0.15) is 0 Å². The third kappa shape index (κ3) is 4.60. The molecular weight excluding hydrogens is 244 g/mol. The van der Waals surface area contributed by atoms with Crippen LogP contribution in [0, 0.1) is 17.8 Å². The Morgan fingerprint density at radius 2 is 2.05 bits per heavy atom. The Morgan fingerprint density at radius 1 is 1.30 bits per heavy atom. The highest BCUT2D eigenvalue weighted by atomic mass is 15.1. The molecule has 0 bridgehead atoms. The van der Waals surface area contributed by atoms with Gasteiger partial charge in [0, 0.05) is 6.54 Å². The molecule has 2 heteroatoms. The van der Waals surface area contributed by atoms with Gasteiger partial charge < -0.3 is 10.2 Å². The lowest BCUT2D eigenvalue weighted by Crippen LogP contribution is -2.38. The van der Waals surface area contributed by atoms with Gasteiger partial charge in [0.25, 0.3) is 0 Å². The number of rotatable bonds is 8. The first-order valence-electron chi connectivity index (χ1n) is 8.81. The van der Waals surface area contributed by atoms with Gasteiger partial charge in [0.05, 0.1) is 0 Å². The minimum Gasteiger partial charge on any atom is -0.317 e. The van der Waals surface area contributed by atoms with E-state index < -0.39 is 0 Å². The lowest BCUT2D eigenvalue weighted by Gasteiger charge is -2.40. The van der Waals surface area contributed by atoms with E-state index in [4.69, 9.17) is 0 Å². The highest BCUT2D eigenvalue weighted by molar-refractivity contribution is 5.04. The molecule has 1 N–H and O–H groups in total. The van der Waals surface area contributed by atoms with E-state index in [0.29, 0.717) is 0 Å². The summed E-state index contributed by atoms with van der Waals surface area (Å²) in [5, 5.41) is 3.52. The van der Waals surface area contributed by atoms with Crippen molar-refractivity contribution in [1.82, 2.24) is 10.2 Å². The minimum absolute atomic E-state index is 0.769. The average Bonchev–Trinajstić information content (AvgIpc) is 2.88. The van der Waals surface area contributed by atoms with E-state index in [1.807, 2.05) is 0 Å². The number of nitrogens with one attached hydrogen (secondary N) is 1. The zero-order valence-electron chi connectivity index (χ0n) is 13.8. The van der Waals surface area contributed by atoms with Crippen LogP contribution in [0.25, 0.3) is 0 Å². The normalized spacial score (nSPS) is 29.4. The third-order valence-corrected chi connectivity index (χ3v) is 5.38. The summed E-state index contributed by atoms with van der Waals surface area (Å²) in [5.74, 6) is 2.62. The maximum absolute atomic E-state index is 3.52. The van der Waals surface area contributed by atoms with Gasteiger partial charge in [0.1, 0.15) is 0 Å². The van der Waals surface area contributed by atoms with Crippen LogP contribution in [-0.2, 0) is 0 Å². The topological polar surface area (TPSA) is 15.3 Å². The molecular formula is C18H34N2. The fourth-order valence-corrected chi connectivity index (χ4v) is 3.87. The van der Waals surface area contributed by atoms with Crippen LogP contribution >= 0.6 is 0 Å². The van der Waals surface area contributed by atoms with Gasteiger partial charge in [-0.3, -0.25) is 0 Å². The summed E-state index contributed by atoms with van der Waals surface area (Å²) in [4.78, 5) is 2.62. The molecule has 0 aromatic carbocycles. The van der Waals surface area contributed by atoms with Crippen LogP contribution in [0.4, 0.5) is 0 Å². The molecule has 1 saturated carbocycles. The quantitative estimate of drug-likeness (QED) is 0.681. The molecule has 0 spiro atoms. The summed E-state index contributed by atoms with van der Waals surface area (Å²) < 4.78 is 0. The van der Waals surface area contributed by atoms with Gasteiger partial charge in [0.15, 0.2) is 0 Å². The Morgan fingerprint density at radius 3 is 2.65 bits per heavy atom. The SMILES string of the molecule is CCNCC1CC[C@@H]1C(C)/C=C(\C)CCN1CCCC1. The van der Waals surface area contributed by atoms with Crippen molar-refractivity contribution in [3.05, 3.63) is 11.6 Å². The average molecular weight is 278 g/mol. The Labute approximate surface area is 126 Å². The maximum atomic E-state index is 3.52. The first-order chi connectivity index (χ1) is 9.70. The lowest BCUT2D eigenvalue weighted by molar-refractivity contribution is 0.133. The second kappa shape index (κ2) is 8.19. The monoisotopic (exact) mass is 278 g/mol. The number of allylic oxidation sites excluding steroid dienone is 1. The van der Waals surface area contributed by atoms with Gasteiger partial charge in [-0.25, -0.2) is 0 Å². The first-order valence-corrected chi connectivity index (χ1v) is 8.81. The van der Waals surface area contributed by atoms with E-state index in [9.17, 15) is 0 Å². The van der Waals surface area contributed by atoms with Crippen molar-refractivity contribution >= 4 is 0 Å². The fraction of sp³-hybridized carbons (Fsp3) is 0.889. The number of nitrogens with zero attached hydrogens (tertiary/aromatic N) is 1. The highest BCUT2D eigenvalue weighted by Gasteiger charge is 2.33. The van der Waals surface area contributed by atoms with Crippen molar-refractivity contribution in [1.29, 1.82) is 0 Å². The zero-order valence-corrected chi connectivity index (χ0v) is 13.8. The summed E-state index contributed by atoms with van der Waals surface area (Å²) in [5.41, 5.74) is 1.61. The first kappa shape index (κ1) is 16.0. The highest BCUT2D eigenvalue weighted by Crippen LogP contribution is 2.40. The molecule has 116 valence electrons. The molecule has 0 aromatic heterocycles. The summed E-state index contributed by atoms with van der Waals surface area (Å²) >= 11 is 0. The van der Waals surface area contributed by atoms with E-state index in [2.05, 4.69) is 37.1 Å².